The lowest BCUT2D eigenvalue weighted by atomic mass is 10.1. The predicted octanol–water partition coefficient (Wildman–Crippen LogP) is 2.85. The van der Waals surface area contributed by atoms with E-state index in [1.807, 2.05) is 13.8 Å². The van der Waals surface area contributed by atoms with Crippen LogP contribution in [-0.4, -0.2) is 52.0 Å². The van der Waals surface area contributed by atoms with Gasteiger partial charge in [0.05, 0.1) is 27.9 Å². The van der Waals surface area contributed by atoms with Gasteiger partial charge in [-0.3, -0.25) is 4.99 Å². The number of rotatable bonds is 10. The molecular formula is C23H33N3O4. The summed E-state index contributed by atoms with van der Waals surface area (Å²) in [6, 6.07) is 11.6. The SMILES string of the molecule is CCNC(=NCC(O)c1cc(OC)ccc1OC)NCCc1ccc(C)c(OC)c1. The van der Waals surface area contributed by atoms with Crippen molar-refractivity contribution in [3.63, 3.8) is 0 Å². The molecule has 0 fully saturated rings. The maximum Gasteiger partial charge on any atom is 0.191 e. The monoisotopic (exact) mass is 415 g/mol. The zero-order chi connectivity index (χ0) is 21.9. The molecule has 0 bridgehead atoms. The molecule has 0 aromatic heterocycles. The van der Waals surface area contributed by atoms with Crippen molar-refractivity contribution in [2.75, 3.05) is 41.0 Å². The van der Waals surface area contributed by atoms with E-state index in [1.165, 1.54) is 5.56 Å². The van der Waals surface area contributed by atoms with Gasteiger partial charge in [-0.2, -0.15) is 0 Å². The van der Waals surface area contributed by atoms with Crippen LogP contribution in [0.4, 0.5) is 0 Å². The minimum absolute atomic E-state index is 0.192. The highest BCUT2D eigenvalue weighted by molar-refractivity contribution is 5.79. The lowest BCUT2D eigenvalue weighted by Crippen LogP contribution is -2.38. The first-order valence-electron chi connectivity index (χ1n) is 10.1. The fraction of sp³-hybridized carbons (Fsp3) is 0.435. The van der Waals surface area contributed by atoms with Gasteiger partial charge in [0.15, 0.2) is 5.96 Å². The number of hydrogen-bond acceptors (Lipinski definition) is 5. The molecule has 0 saturated heterocycles. The van der Waals surface area contributed by atoms with Crippen LogP contribution in [0.25, 0.3) is 0 Å². The molecule has 0 saturated carbocycles. The van der Waals surface area contributed by atoms with Gasteiger partial charge < -0.3 is 30.0 Å². The molecule has 0 aliphatic heterocycles. The van der Waals surface area contributed by atoms with Crippen molar-refractivity contribution in [2.45, 2.75) is 26.4 Å². The Kier molecular flexibility index (Phi) is 9.28. The first kappa shape index (κ1) is 23.3. The summed E-state index contributed by atoms with van der Waals surface area (Å²) in [5, 5.41) is 17.2. The summed E-state index contributed by atoms with van der Waals surface area (Å²) in [5.41, 5.74) is 2.94. The van der Waals surface area contributed by atoms with E-state index in [-0.39, 0.29) is 6.54 Å². The first-order valence-corrected chi connectivity index (χ1v) is 10.1. The summed E-state index contributed by atoms with van der Waals surface area (Å²) in [7, 11) is 4.85. The molecule has 1 unspecified atom stereocenters. The van der Waals surface area contributed by atoms with Gasteiger partial charge in [-0.25, -0.2) is 0 Å². The Morgan fingerprint density at radius 1 is 1.00 bits per heavy atom. The normalized spacial score (nSPS) is 12.3. The van der Waals surface area contributed by atoms with E-state index in [0.29, 0.717) is 29.6 Å². The van der Waals surface area contributed by atoms with Crippen molar-refractivity contribution in [3.05, 3.63) is 53.1 Å². The first-order chi connectivity index (χ1) is 14.5. The number of nitrogens with zero attached hydrogens (tertiary/aromatic N) is 1. The molecule has 7 heteroatoms. The second-order valence-corrected chi connectivity index (χ2v) is 6.82. The van der Waals surface area contributed by atoms with Crippen LogP contribution in [0.2, 0.25) is 0 Å². The summed E-state index contributed by atoms with van der Waals surface area (Å²) in [6.07, 6.45) is 0.0136. The van der Waals surface area contributed by atoms with E-state index in [9.17, 15) is 5.11 Å². The maximum atomic E-state index is 10.6. The highest BCUT2D eigenvalue weighted by atomic mass is 16.5. The number of benzene rings is 2. The summed E-state index contributed by atoms with van der Waals surface area (Å²) in [4.78, 5) is 4.52. The van der Waals surface area contributed by atoms with Gasteiger partial charge >= 0.3 is 0 Å². The zero-order valence-corrected chi connectivity index (χ0v) is 18.5. The fourth-order valence-electron chi connectivity index (χ4n) is 3.06. The third kappa shape index (κ3) is 6.56. The van der Waals surface area contributed by atoms with E-state index in [4.69, 9.17) is 14.2 Å². The molecule has 2 rings (SSSR count). The standard InChI is InChI=1S/C23H33N3O4/c1-6-24-23(25-12-11-17-8-7-16(2)22(13-17)30-5)26-15-20(27)19-14-18(28-3)9-10-21(19)29-4/h7-10,13-14,20,27H,6,11-12,15H2,1-5H3,(H2,24,25,26). The minimum atomic E-state index is -0.813. The van der Waals surface area contributed by atoms with Crippen LogP contribution in [0.5, 0.6) is 17.2 Å². The fourth-order valence-corrected chi connectivity index (χ4v) is 3.06. The van der Waals surface area contributed by atoms with E-state index >= 15 is 0 Å². The molecule has 1 atom stereocenters. The molecular weight excluding hydrogens is 382 g/mol. The van der Waals surface area contributed by atoms with Gasteiger partial charge in [-0.1, -0.05) is 12.1 Å². The molecule has 0 spiro atoms. The molecule has 0 aliphatic rings. The zero-order valence-electron chi connectivity index (χ0n) is 18.5. The van der Waals surface area contributed by atoms with Crippen LogP contribution in [0.15, 0.2) is 41.4 Å². The van der Waals surface area contributed by atoms with Crippen LogP contribution < -0.4 is 24.8 Å². The van der Waals surface area contributed by atoms with Gasteiger partial charge in [-0.15, -0.1) is 0 Å². The van der Waals surface area contributed by atoms with Gasteiger partial charge in [0.25, 0.3) is 0 Å². The number of hydrogen-bond donors (Lipinski definition) is 3. The minimum Gasteiger partial charge on any atom is -0.497 e. The molecule has 164 valence electrons. The second kappa shape index (κ2) is 11.9. The van der Waals surface area contributed by atoms with Crippen LogP contribution in [0, 0.1) is 6.92 Å². The van der Waals surface area contributed by atoms with Crippen LogP contribution in [0.1, 0.15) is 29.7 Å². The third-order valence-corrected chi connectivity index (χ3v) is 4.74. The maximum absolute atomic E-state index is 10.6. The van der Waals surface area contributed by atoms with Gasteiger partial charge in [0.2, 0.25) is 0 Å². The van der Waals surface area contributed by atoms with E-state index < -0.39 is 6.10 Å². The second-order valence-electron chi connectivity index (χ2n) is 6.82. The molecule has 0 amide bonds. The largest absolute Gasteiger partial charge is 0.497 e. The van der Waals surface area contributed by atoms with Crippen LogP contribution in [-0.2, 0) is 6.42 Å². The molecule has 0 radical (unpaired) electrons. The van der Waals surface area contributed by atoms with E-state index in [0.717, 1.165) is 24.3 Å². The van der Waals surface area contributed by atoms with Crippen molar-refractivity contribution in [2.24, 2.45) is 4.99 Å². The molecule has 3 N–H and O–H groups in total. The lowest BCUT2D eigenvalue weighted by molar-refractivity contribution is 0.182. The number of guanidine groups is 1. The van der Waals surface area contributed by atoms with Crippen molar-refractivity contribution in [1.82, 2.24) is 10.6 Å². The molecule has 2 aromatic rings. The molecule has 2 aromatic carbocycles. The summed E-state index contributed by atoms with van der Waals surface area (Å²) in [6.45, 7) is 5.65. The van der Waals surface area contributed by atoms with Gasteiger partial charge in [0.1, 0.15) is 23.4 Å². The number of aliphatic imine (C=N–C) groups is 1. The van der Waals surface area contributed by atoms with Crippen molar-refractivity contribution in [1.29, 1.82) is 0 Å². The molecule has 7 nitrogen and oxygen atoms in total. The molecule has 0 heterocycles. The summed E-state index contributed by atoms with van der Waals surface area (Å²) >= 11 is 0. The Hall–Kier alpha value is -2.93. The average molecular weight is 416 g/mol. The van der Waals surface area contributed by atoms with Gasteiger partial charge in [0, 0.05) is 18.7 Å². The van der Waals surface area contributed by atoms with Gasteiger partial charge in [-0.05, 0) is 55.7 Å². The predicted molar refractivity (Wildman–Crippen MR) is 120 cm³/mol. The van der Waals surface area contributed by atoms with Crippen molar-refractivity contribution < 1.29 is 19.3 Å². The number of aryl methyl sites for hydroxylation is 1. The Labute approximate surface area is 179 Å². The summed E-state index contributed by atoms with van der Waals surface area (Å²) < 4.78 is 16.0. The Bertz CT molecular complexity index is 839. The topological polar surface area (TPSA) is 84.3 Å². The summed E-state index contributed by atoms with van der Waals surface area (Å²) in [5.74, 6) is 2.80. The third-order valence-electron chi connectivity index (χ3n) is 4.74. The smallest absolute Gasteiger partial charge is 0.191 e. The van der Waals surface area contributed by atoms with E-state index in [1.54, 1.807) is 39.5 Å². The van der Waals surface area contributed by atoms with Crippen LogP contribution in [0.3, 0.4) is 0 Å². The Morgan fingerprint density at radius 3 is 2.43 bits per heavy atom. The number of aliphatic hydroxyl groups is 1. The number of aliphatic hydroxyl groups excluding tert-OH is 1. The lowest BCUT2D eigenvalue weighted by Gasteiger charge is -2.16. The van der Waals surface area contributed by atoms with E-state index in [2.05, 4.69) is 33.8 Å². The number of ether oxygens (including phenoxy) is 3. The van der Waals surface area contributed by atoms with Crippen molar-refractivity contribution >= 4 is 5.96 Å². The quantitative estimate of drug-likeness (QED) is 0.409. The highest BCUT2D eigenvalue weighted by Gasteiger charge is 2.14. The van der Waals surface area contributed by atoms with Crippen molar-refractivity contribution in [3.8, 4) is 17.2 Å². The number of methoxy groups -OCH3 is 3. The average Bonchev–Trinajstić information content (AvgIpc) is 2.77. The Balaban J connectivity index is 2.00. The van der Waals surface area contributed by atoms with Crippen LogP contribution >= 0.6 is 0 Å². The molecule has 0 aliphatic carbocycles. The highest BCUT2D eigenvalue weighted by Crippen LogP contribution is 2.29. The Morgan fingerprint density at radius 2 is 1.77 bits per heavy atom. The number of nitrogens with one attached hydrogen (secondary N) is 2. The molecule has 30 heavy (non-hydrogen) atoms.